The van der Waals surface area contributed by atoms with Crippen molar-refractivity contribution in [2.24, 2.45) is 10.9 Å². The van der Waals surface area contributed by atoms with Gasteiger partial charge in [0, 0.05) is 42.9 Å². The second-order valence-corrected chi connectivity index (χ2v) is 9.04. The van der Waals surface area contributed by atoms with Gasteiger partial charge in [-0.3, -0.25) is 9.59 Å². The Kier molecular flexibility index (Phi) is 6.90. The first-order valence-electron chi connectivity index (χ1n) is 10.3. The Bertz CT molecular complexity index is 850. The zero-order chi connectivity index (χ0) is 21.1. The van der Waals surface area contributed by atoms with Gasteiger partial charge in [-0.1, -0.05) is 5.57 Å². The lowest BCUT2D eigenvalue weighted by atomic mass is 9.95. The first-order chi connectivity index (χ1) is 13.8. The summed E-state index contributed by atoms with van der Waals surface area (Å²) in [6.45, 7) is 12.7. The molecular formula is C22H31N3O3S. The van der Waals surface area contributed by atoms with Crippen LogP contribution in [0, 0.1) is 19.8 Å². The third-order valence-electron chi connectivity index (χ3n) is 5.80. The predicted octanol–water partition coefficient (Wildman–Crippen LogP) is 3.66. The molecule has 3 heterocycles. The number of carbonyl (C=O) groups excluding carboxylic acids is 2. The summed E-state index contributed by atoms with van der Waals surface area (Å²) in [6, 6.07) is 0.454. The Balaban J connectivity index is 1.74. The Morgan fingerprint density at radius 1 is 1.28 bits per heavy atom. The van der Waals surface area contributed by atoms with Crippen LogP contribution in [0.1, 0.15) is 54.4 Å². The lowest BCUT2D eigenvalue weighted by Gasteiger charge is -2.34. The van der Waals surface area contributed by atoms with Gasteiger partial charge in [0.05, 0.1) is 16.5 Å². The van der Waals surface area contributed by atoms with Gasteiger partial charge in [-0.05, 0) is 59.1 Å². The van der Waals surface area contributed by atoms with Gasteiger partial charge in [0.2, 0.25) is 0 Å². The van der Waals surface area contributed by atoms with E-state index in [0.717, 1.165) is 59.9 Å². The van der Waals surface area contributed by atoms with Crippen LogP contribution in [0.5, 0.6) is 0 Å². The number of nitrogens with one attached hydrogen (secondary N) is 1. The molecular weight excluding hydrogens is 386 g/mol. The van der Waals surface area contributed by atoms with Crippen molar-refractivity contribution in [3.8, 4) is 0 Å². The maximum Gasteiger partial charge on any atom is 0.254 e. The van der Waals surface area contributed by atoms with Gasteiger partial charge < -0.3 is 15.0 Å². The molecule has 0 aliphatic carbocycles. The zero-order valence-electron chi connectivity index (χ0n) is 18.0. The normalized spacial score (nSPS) is 20.3. The van der Waals surface area contributed by atoms with Crippen LogP contribution in [-0.2, 0) is 9.53 Å². The summed E-state index contributed by atoms with van der Waals surface area (Å²) >= 11 is 1.68. The van der Waals surface area contributed by atoms with Gasteiger partial charge in [0.15, 0.2) is 0 Å². The largest absolute Gasteiger partial charge is 0.381 e. The first kappa shape index (κ1) is 21.7. The molecule has 6 nitrogen and oxygen atoms in total. The Hall–Kier alpha value is -1.99. The van der Waals surface area contributed by atoms with Crippen molar-refractivity contribution in [3.63, 3.8) is 0 Å². The van der Waals surface area contributed by atoms with Gasteiger partial charge >= 0.3 is 0 Å². The lowest BCUT2D eigenvalue weighted by Crippen LogP contribution is -2.39. The van der Waals surface area contributed by atoms with E-state index in [1.807, 2.05) is 33.8 Å². The second kappa shape index (κ2) is 9.22. The van der Waals surface area contributed by atoms with E-state index in [2.05, 4.69) is 22.1 Å². The monoisotopic (exact) mass is 417 g/mol. The van der Waals surface area contributed by atoms with E-state index in [1.165, 1.54) is 5.00 Å². The SMILES string of the molecule is CCN(c1sc(C)c(C(=O)NCC2C(=O)N=C(C)C=C2C)c1C)C1CCOCC1. The number of dihydropyridines is 1. The summed E-state index contributed by atoms with van der Waals surface area (Å²) in [5.41, 5.74) is 3.42. The fourth-order valence-electron chi connectivity index (χ4n) is 4.25. The van der Waals surface area contributed by atoms with Crippen LogP contribution < -0.4 is 10.2 Å². The van der Waals surface area contributed by atoms with E-state index in [-0.39, 0.29) is 24.3 Å². The van der Waals surface area contributed by atoms with E-state index in [9.17, 15) is 9.59 Å². The van der Waals surface area contributed by atoms with Crippen LogP contribution >= 0.6 is 11.3 Å². The van der Waals surface area contributed by atoms with E-state index >= 15 is 0 Å². The molecule has 0 bridgehead atoms. The molecule has 29 heavy (non-hydrogen) atoms. The minimum absolute atomic E-state index is 0.114. The van der Waals surface area contributed by atoms with Crippen LogP contribution in [-0.4, -0.2) is 49.9 Å². The Morgan fingerprint density at radius 3 is 2.59 bits per heavy atom. The maximum absolute atomic E-state index is 13.0. The van der Waals surface area contributed by atoms with Gasteiger partial charge in [-0.15, -0.1) is 11.3 Å². The van der Waals surface area contributed by atoms with E-state index in [4.69, 9.17) is 4.74 Å². The molecule has 1 N–H and O–H groups in total. The molecule has 1 aromatic heterocycles. The number of aliphatic imine (C=N–C) groups is 1. The van der Waals surface area contributed by atoms with E-state index < -0.39 is 0 Å². The summed E-state index contributed by atoms with van der Waals surface area (Å²) in [5.74, 6) is -0.674. The summed E-state index contributed by atoms with van der Waals surface area (Å²) in [4.78, 5) is 32.7. The van der Waals surface area contributed by atoms with Gasteiger partial charge in [-0.2, -0.15) is 0 Å². The van der Waals surface area contributed by atoms with Crippen LogP contribution in [0.15, 0.2) is 16.6 Å². The fraction of sp³-hybridized carbons (Fsp3) is 0.591. The molecule has 2 aliphatic rings. The van der Waals surface area contributed by atoms with Crippen LogP contribution in [0.2, 0.25) is 0 Å². The molecule has 0 radical (unpaired) electrons. The summed E-state index contributed by atoms with van der Waals surface area (Å²) in [7, 11) is 0. The van der Waals surface area contributed by atoms with Crippen molar-refractivity contribution >= 4 is 33.9 Å². The summed E-state index contributed by atoms with van der Waals surface area (Å²) < 4.78 is 5.51. The van der Waals surface area contributed by atoms with Crippen LogP contribution in [0.25, 0.3) is 0 Å². The number of carbonyl (C=O) groups is 2. The van der Waals surface area contributed by atoms with Crippen LogP contribution in [0.4, 0.5) is 5.00 Å². The predicted molar refractivity (Wildman–Crippen MR) is 118 cm³/mol. The highest BCUT2D eigenvalue weighted by Gasteiger charge is 2.28. The molecule has 2 aliphatic heterocycles. The second-order valence-electron chi connectivity index (χ2n) is 7.84. The minimum Gasteiger partial charge on any atom is -0.381 e. The standard InChI is InChI=1S/C22H31N3O3S/c1-6-25(17-7-9-28-10-8-17)22-15(4)19(16(5)29-22)21(27)23-12-18-13(2)11-14(3)24-20(18)26/h11,17-18H,6-10,12H2,1-5H3,(H,23,27). The number of amides is 2. The number of hydrogen-bond acceptors (Lipinski definition) is 5. The lowest BCUT2D eigenvalue weighted by molar-refractivity contribution is -0.120. The molecule has 1 aromatic rings. The molecule has 2 amide bonds. The third kappa shape index (κ3) is 4.61. The molecule has 7 heteroatoms. The van der Waals surface area contributed by atoms with Crippen LogP contribution in [0.3, 0.4) is 0 Å². The van der Waals surface area contributed by atoms with Gasteiger partial charge in [0.1, 0.15) is 0 Å². The number of anilines is 1. The van der Waals surface area contributed by atoms with Crippen molar-refractivity contribution < 1.29 is 14.3 Å². The summed E-state index contributed by atoms with van der Waals surface area (Å²) in [5, 5.41) is 4.15. The summed E-state index contributed by atoms with van der Waals surface area (Å²) in [6.07, 6.45) is 3.94. The highest BCUT2D eigenvalue weighted by atomic mass is 32.1. The van der Waals surface area contributed by atoms with Gasteiger partial charge in [0.25, 0.3) is 11.8 Å². The Labute approximate surface area is 177 Å². The highest BCUT2D eigenvalue weighted by Crippen LogP contribution is 2.37. The van der Waals surface area contributed by atoms with Crippen molar-refractivity contribution in [2.75, 3.05) is 31.2 Å². The van der Waals surface area contributed by atoms with E-state index in [1.54, 1.807) is 11.3 Å². The molecule has 0 saturated carbocycles. The first-order valence-corrected chi connectivity index (χ1v) is 11.1. The zero-order valence-corrected chi connectivity index (χ0v) is 18.8. The van der Waals surface area contributed by atoms with Crippen molar-refractivity contribution in [1.29, 1.82) is 0 Å². The van der Waals surface area contributed by atoms with Crippen molar-refractivity contribution in [3.05, 3.63) is 27.7 Å². The van der Waals surface area contributed by atoms with Crippen molar-refractivity contribution in [1.82, 2.24) is 5.32 Å². The molecule has 0 spiro atoms. The molecule has 1 atom stereocenters. The number of rotatable bonds is 6. The minimum atomic E-state index is -0.379. The number of allylic oxidation sites excluding steroid dienone is 1. The molecule has 1 unspecified atom stereocenters. The smallest absolute Gasteiger partial charge is 0.254 e. The molecule has 0 aromatic carbocycles. The fourth-order valence-corrected chi connectivity index (χ4v) is 5.54. The third-order valence-corrected chi connectivity index (χ3v) is 7.04. The highest BCUT2D eigenvalue weighted by molar-refractivity contribution is 7.16. The average molecular weight is 418 g/mol. The molecule has 158 valence electrons. The maximum atomic E-state index is 13.0. The molecule has 1 saturated heterocycles. The average Bonchev–Trinajstić information content (AvgIpc) is 2.96. The quantitative estimate of drug-likeness (QED) is 0.767. The molecule has 3 rings (SSSR count). The number of thiophene rings is 1. The Morgan fingerprint density at radius 2 is 1.97 bits per heavy atom. The van der Waals surface area contributed by atoms with Crippen molar-refractivity contribution in [2.45, 2.75) is 53.5 Å². The number of aryl methyl sites for hydroxylation is 1. The molecule has 1 fully saturated rings. The number of ether oxygens (including phenoxy) is 1. The van der Waals surface area contributed by atoms with E-state index in [0.29, 0.717) is 6.04 Å². The van der Waals surface area contributed by atoms with Gasteiger partial charge in [-0.25, -0.2) is 4.99 Å². The topological polar surface area (TPSA) is 71.0 Å². The number of hydrogen-bond donors (Lipinski definition) is 1. The number of nitrogens with zero attached hydrogens (tertiary/aromatic N) is 2.